The summed E-state index contributed by atoms with van der Waals surface area (Å²) in [6.45, 7) is 0.620. The summed E-state index contributed by atoms with van der Waals surface area (Å²) in [5, 5.41) is 4.02. The van der Waals surface area contributed by atoms with E-state index in [1.807, 2.05) is 30.3 Å². The van der Waals surface area contributed by atoms with E-state index in [0.717, 1.165) is 12.1 Å². The van der Waals surface area contributed by atoms with Crippen molar-refractivity contribution < 1.29 is 9.59 Å². The van der Waals surface area contributed by atoms with Gasteiger partial charge in [-0.25, -0.2) is 4.79 Å². The van der Waals surface area contributed by atoms with E-state index in [1.165, 1.54) is 5.01 Å². The largest absolute Gasteiger partial charge is 0.341 e. The second-order valence-electron chi connectivity index (χ2n) is 4.78. The number of rotatable bonds is 3. The molecule has 1 aromatic carbocycles. The smallest absolute Gasteiger partial charge is 0.317 e. The lowest BCUT2D eigenvalue weighted by Gasteiger charge is -2.28. The molecule has 108 valence electrons. The monoisotopic (exact) mass is 276 g/mol. The molecule has 0 aromatic heterocycles. The van der Waals surface area contributed by atoms with Crippen molar-refractivity contribution in [2.75, 3.05) is 26.1 Å². The summed E-state index contributed by atoms with van der Waals surface area (Å²) in [5.41, 5.74) is 3.86. The third-order valence-corrected chi connectivity index (χ3v) is 3.41. The molecule has 1 aliphatic rings. The average molecular weight is 276 g/mol. The van der Waals surface area contributed by atoms with Crippen LogP contribution in [0.2, 0.25) is 0 Å². The molecule has 20 heavy (non-hydrogen) atoms. The molecule has 1 fully saturated rings. The summed E-state index contributed by atoms with van der Waals surface area (Å²) in [6.07, 6.45) is 1.55. The minimum Gasteiger partial charge on any atom is -0.341 e. The third-order valence-electron chi connectivity index (χ3n) is 3.41. The highest BCUT2D eigenvalue weighted by molar-refractivity contribution is 5.88. The highest BCUT2D eigenvalue weighted by atomic mass is 16.2. The number of hydrogen-bond donors (Lipinski definition) is 2. The van der Waals surface area contributed by atoms with Gasteiger partial charge in [0.1, 0.15) is 6.04 Å². The average Bonchev–Trinajstić information content (AvgIpc) is 2.96. The lowest BCUT2D eigenvalue weighted by atomic mass is 10.2. The number of nitrogens with one attached hydrogen (secondary N) is 2. The van der Waals surface area contributed by atoms with E-state index < -0.39 is 6.04 Å². The van der Waals surface area contributed by atoms with Crippen LogP contribution < -0.4 is 10.7 Å². The van der Waals surface area contributed by atoms with Gasteiger partial charge in [-0.3, -0.25) is 15.2 Å². The lowest BCUT2D eigenvalue weighted by molar-refractivity contribution is -0.132. The second kappa shape index (κ2) is 6.27. The summed E-state index contributed by atoms with van der Waals surface area (Å²) in [7, 11) is 3.25. The van der Waals surface area contributed by atoms with Crippen molar-refractivity contribution >= 4 is 17.6 Å². The number of likely N-dealkylation sites (N-methyl/N-ethyl adjacent to an activating group) is 1. The SMILES string of the molecule is CNC(=O)N1CCCC1C(=O)N(C)Nc1ccccc1. The summed E-state index contributed by atoms with van der Waals surface area (Å²) < 4.78 is 0. The fraction of sp³-hybridized carbons (Fsp3) is 0.429. The van der Waals surface area contributed by atoms with Crippen LogP contribution in [0.15, 0.2) is 30.3 Å². The molecule has 6 nitrogen and oxygen atoms in total. The van der Waals surface area contributed by atoms with Crippen molar-refractivity contribution in [2.24, 2.45) is 0 Å². The molecule has 0 bridgehead atoms. The number of likely N-dealkylation sites (tertiary alicyclic amines) is 1. The van der Waals surface area contributed by atoms with E-state index >= 15 is 0 Å². The zero-order valence-electron chi connectivity index (χ0n) is 11.8. The number of amides is 3. The van der Waals surface area contributed by atoms with Crippen LogP contribution in [0.4, 0.5) is 10.5 Å². The first-order valence-electron chi connectivity index (χ1n) is 6.71. The molecule has 0 radical (unpaired) electrons. The van der Waals surface area contributed by atoms with Gasteiger partial charge in [-0.05, 0) is 25.0 Å². The number of carbonyl (C=O) groups is 2. The van der Waals surface area contributed by atoms with Gasteiger partial charge in [0.05, 0.1) is 5.69 Å². The molecule has 3 amide bonds. The van der Waals surface area contributed by atoms with Crippen molar-refractivity contribution in [1.29, 1.82) is 0 Å². The van der Waals surface area contributed by atoms with Gasteiger partial charge in [0, 0.05) is 20.6 Å². The number of hydrazine groups is 1. The highest BCUT2D eigenvalue weighted by Crippen LogP contribution is 2.19. The lowest BCUT2D eigenvalue weighted by Crippen LogP contribution is -2.50. The van der Waals surface area contributed by atoms with E-state index in [2.05, 4.69) is 10.7 Å². The fourth-order valence-corrected chi connectivity index (χ4v) is 2.40. The van der Waals surface area contributed by atoms with Crippen molar-refractivity contribution in [3.8, 4) is 0 Å². The predicted molar refractivity (Wildman–Crippen MR) is 77.0 cm³/mol. The predicted octanol–water partition coefficient (Wildman–Crippen LogP) is 1.28. The van der Waals surface area contributed by atoms with Crippen LogP contribution in [0.5, 0.6) is 0 Å². The zero-order valence-corrected chi connectivity index (χ0v) is 11.8. The molecular formula is C14H20N4O2. The van der Waals surface area contributed by atoms with E-state index in [-0.39, 0.29) is 11.9 Å². The minimum atomic E-state index is -0.392. The maximum absolute atomic E-state index is 12.4. The highest BCUT2D eigenvalue weighted by Gasteiger charge is 2.35. The van der Waals surface area contributed by atoms with Gasteiger partial charge in [-0.15, -0.1) is 0 Å². The van der Waals surface area contributed by atoms with Crippen LogP contribution in [0.25, 0.3) is 0 Å². The normalized spacial score (nSPS) is 17.7. The van der Waals surface area contributed by atoms with Crippen molar-refractivity contribution in [3.63, 3.8) is 0 Å². The Morgan fingerprint density at radius 2 is 2.00 bits per heavy atom. The molecule has 0 spiro atoms. The van der Waals surface area contributed by atoms with Gasteiger partial charge in [0.25, 0.3) is 5.91 Å². The first-order valence-corrected chi connectivity index (χ1v) is 6.71. The van der Waals surface area contributed by atoms with Crippen molar-refractivity contribution in [1.82, 2.24) is 15.2 Å². The van der Waals surface area contributed by atoms with Crippen LogP contribution in [-0.4, -0.2) is 48.5 Å². The molecule has 1 heterocycles. The van der Waals surface area contributed by atoms with Crippen molar-refractivity contribution in [3.05, 3.63) is 30.3 Å². The molecule has 1 aliphatic heterocycles. The number of anilines is 1. The summed E-state index contributed by atoms with van der Waals surface area (Å²) >= 11 is 0. The van der Waals surface area contributed by atoms with Crippen molar-refractivity contribution in [2.45, 2.75) is 18.9 Å². The van der Waals surface area contributed by atoms with Gasteiger partial charge in [0.15, 0.2) is 0 Å². The Morgan fingerprint density at radius 1 is 1.30 bits per heavy atom. The first kappa shape index (κ1) is 14.2. The second-order valence-corrected chi connectivity index (χ2v) is 4.78. The molecule has 6 heteroatoms. The first-order chi connectivity index (χ1) is 9.63. The molecule has 0 aliphatic carbocycles. The van der Waals surface area contributed by atoms with Crippen LogP contribution in [-0.2, 0) is 4.79 Å². The van der Waals surface area contributed by atoms with Gasteiger partial charge in [-0.1, -0.05) is 18.2 Å². The Hall–Kier alpha value is -2.24. The van der Waals surface area contributed by atoms with Gasteiger partial charge < -0.3 is 10.2 Å². The van der Waals surface area contributed by atoms with E-state index in [9.17, 15) is 9.59 Å². The molecule has 1 unspecified atom stereocenters. The Labute approximate surface area is 118 Å². The van der Waals surface area contributed by atoms with Crippen LogP contribution in [0, 0.1) is 0 Å². The Morgan fingerprint density at radius 3 is 2.65 bits per heavy atom. The molecular weight excluding hydrogens is 256 g/mol. The summed E-state index contributed by atoms with van der Waals surface area (Å²) in [4.78, 5) is 25.7. The summed E-state index contributed by atoms with van der Waals surface area (Å²) in [6, 6.07) is 8.88. The Kier molecular flexibility index (Phi) is 4.45. The molecule has 2 N–H and O–H groups in total. The van der Waals surface area contributed by atoms with Gasteiger partial charge in [0.2, 0.25) is 0 Å². The third kappa shape index (κ3) is 3.01. The topological polar surface area (TPSA) is 64.7 Å². The molecule has 1 atom stereocenters. The number of benzene rings is 1. The maximum Gasteiger partial charge on any atom is 0.317 e. The quantitative estimate of drug-likeness (QED) is 0.817. The van der Waals surface area contributed by atoms with Gasteiger partial charge >= 0.3 is 6.03 Å². The van der Waals surface area contributed by atoms with Crippen LogP contribution >= 0.6 is 0 Å². The van der Waals surface area contributed by atoms with Crippen LogP contribution in [0.1, 0.15) is 12.8 Å². The molecule has 1 aromatic rings. The molecule has 2 rings (SSSR count). The number of para-hydroxylation sites is 1. The molecule has 1 saturated heterocycles. The fourth-order valence-electron chi connectivity index (χ4n) is 2.40. The summed E-state index contributed by atoms with van der Waals surface area (Å²) in [5.74, 6) is -0.102. The number of urea groups is 1. The van der Waals surface area contributed by atoms with Crippen LogP contribution in [0.3, 0.4) is 0 Å². The van der Waals surface area contributed by atoms with E-state index in [0.29, 0.717) is 13.0 Å². The minimum absolute atomic E-state index is 0.102. The van der Waals surface area contributed by atoms with Gasteiger partial charge in [-0.2, -0.15) is 0 Å². The van der Waals surface area contributed by atoms with E-state index in [4.69, 9.17) is 0 Å². The Balaban J connectivity index is 2.01. The maximum atomic E-state index is 12.4. The number of nitrogens with zero attached hydrogens (tertiary/aromatic N) is 2. The standard InChI is InChI=1S/C14H20N4O2/c1-15-14(20)18-10-6-9-12(18)13(19)17(2)16-11-7-4-3-5-8-11/h3-5,7-8,12,16H,6,9-10H2,1-2H3,(H,15,20). The van der Waals surface area contributed by atoms with E-state index in [1.54, 1.807) is 19.0 Å². The number of carbonyl (C=O) groups excluding carboxylic acids is 2. The zero-order chi connectivity index (χ0) is 14.5. The molecule has 0 saturated carbocycles. The number of hydrogen-bond acceptors (Lipinski definition) is 3. The Bertz CT molecular complexity index is 477.